The average molecular weight is 353 g/mol. The van der Waals surface area contributed by atoms with Gasteiger partial charge in [-0.05, 0) is 28.9 Å². The first-order valence-corrected chi connectivity index (χ1v) is 7.43. The first-order valence-electron chi connectivity index (χ1n) is 5.82. The molecule has 0 bridgehead atoms. The SMILES string of the molecule is CCOC(=O)c1cc2c(Br)nn(-c3cnccn3)c2s1. The largest absolute Gasteiger partial charge is 0.462 e. The zero-order chi connectivity index (χ0) is 14.1. The highest BCUT2D eigenvalue weighted by atomic mass is 79.9. The van der Waals surface area contributed by atoms with Crippen molar-refractivity contribution in [3.8, 4) is 5.82 Å². The Bertz CT molecular complexity index is 768. The molecular weight excluding hydrogens is 344 g/mol. The van der Waals surface area contributed by atoms with Gasteiger partial charge in [0.1, 0.15) is 14.3 Å². The zero-order valence-corrected chi connectivity index (χ0v) is 12.8. The molecule has 3 aromatic rings. The number of hydrogen-bond acceptors (Lipinski definition) is 6. The van der Waals surface area contributed by atoms with Gasteiger partial charge in [-0.1, -0.05) is 0 Å². The van der Waals surface area contributed by atoms with Gasteiger partial charge >= 0.3 is 5.97 Å². The number of fused-ring (bicyclic) bond motifs is 1. The topological polar surface area (TPSA) is 69.9 Å². The van der Waals surface area contributed by atoms with E-state index < -0.39 is 0 Å². The van der Waals surface area contributed by atoms with Crippen LogP contribution in [0.4, 0.5) is 0 Å². The standard InChI is InChI=1S/C12H9BrN4O2S/c1-2-19-12(18)8-5-7-10(13)16-17(11(7)20-8)9-6-14-3-4-15-9/h3-6H,2H2,1H3. The minimum absolute atomic E-state index is 0.328. The summed E-state index contributed by atoms with van der Waals surface area (Å²) in [6.07, 6.45) is 4.80. The van der Waals surface area contributed by atoms with Crippen LogP contribution in [0.25, 0.3) is 16.0 Å². The summed E-state index contributed by atoms with van der Waals surface area (Å²) >= 11 is 4.71. The van der Waals surface area contributed by atoms with Crippen molar-refractivity contribution >= 4 is 43.5 Å². The van der Waals surface area contributed by atoms with Gasteiger partial charge in [0, 0.05) is 17.8 Å². The number of esters is 1. The molecule has 0 fully saturated rings. The third-order valence-corrected chi connectivity index (χ3v) is 4.23. The second-order valence-corrected chi connectivity index (χ2v) is 5.60. The van der Waals surface area contributed by atoms with Crippen molar-refractivity contribution in [1.29, 1.82) is 0 Å². The van der Waals surface area contributed by atoms with Crippen molar-refractivity contribution in [3.05, 3.63) is 34.1 Å². The molecule has 6 nitrogen and oxygen atoms in total. The van der Waals surface area contributed by atoms with Crippen molar-refractivity contribution < 1.29 is 9.53 Å². The van der Waals surface area contributed by atoms with E-state index in [0.29, 0.717) is 21.9 Å². The lowest BCUT2D eigenvalue weighted by atomic mass is 10.4. The quantitative estimate of drug-likeness (QED) is 0.678. The van der Waals surface area contributed by atoms with Crippen LogP contribution in [0.3, 0.4) is 0 Å². The maximum atomic E-state index is 11.8. The number of rotatable bonds is 3. The minimum atomic E-state index is -0.328. The molecule has 102 valence electrons. The highest BCUT2D eigenvalue weighted by molar-refractivity contribution is 9.10. The maximum absolute atomic E-state index is 11.8. The van der Waals surface area contributed by atoms with Crippen molar-refractivity contribution in [2.45, 2.75) is 6.92 Å². The van der Waals surface area contributed by atoms with Gasteiger partial charge in [0.25, 0.3) is 0 Å². The minimum Gasteiger partial charge on any atom is -0.462 e. The van der Waals surface area contributed by atoms with Gasteiger partial charge in [-0.3, -0.25) is 4.98 Å². The second kappa shape index (κ2) is 5.29. The van der Waals surface area contributed by atoms with E-state index >= 15 is 0 Å². The van der Waals surface area contributed by atoms with Gasteiger partial charge in [0.15, 0.2) is 5.82 Å². The number of aromatic nitrogens is 4. The predicted molar refractivity (Wildman–Crippen MR) is 78.2 cm³/mol. The molecule has 0 unspecified atom stereocenters. The van der Waals surface area contributed by atoms with Crippen LogP contribution in [-0.4, -0.2) is 32.3 Å². The Labute approximate surface area is 126 Å². The smallest absolute Gasteiger partial charge is 0.348 e. The molecule has 0 radical (unpaired) electrons. The Morgan fingerprint density at radius 3 is 3.05 bits per heavy atom. The van der Waals surface area contributed by atoms with E-state index in [0.717, 1.165) is 10.2 Å². The molecule has 0 saturated heterocycles. The summed E-state index contributed by atoms with van der Waals surface area (Å²) in [4.78, 5) is 21.4. The van der Waals surface area contributed by atoms with Gasteiger partial charge in [-0.2, -0.15) is 5.10 Å². The number of nitrogens with zero attached hydrogens (tertiary/aromatic N) is 4. The molecule has 0 aliphatic heterocycles. The number of halogens is 1. The van der Waals surface area contributed by atoms with Crippen LogP contribution in [0.2, 0.25) is 0 Å². The molecule has 0 spiro atoms. The summed E-state index contributed by atoms with van der Waals surface area (Å²) < 4.78 is 7.32. The zero-order valence-electron chi connectivity index (χ0n) is 10.4. The van der Waals surface area contributed by atoms with Crippen molar-refractivity contribution in [2.75, 3.05) is 6.61 Å². The summed E-state index contributed by atoms with van der Waals surface area (Å²) in [5.74, 6) is 0.270. The van der Waals surface area contributed by atoms with Gasteiger partial charge in [0.05, 0.1) is 12.8 Å². The molecule has 0 aliphatic rings. The van der Waals surface area contributed by atoms with Crippen LogP contribution in [0, 0.1) is 0 Å². The fourth-order valence-corrected chi connectivity index (χ4v) is 3.34. The van der Waals surface area contributed by atoms with Gasteiger partial charge in [-0.15, -0.1) is 11.3 Å². The van der Waals surface area contributed by atoms with Gasteiger partial charge < -0.3 is 4.74 Å². The highest BCUT2D eigenvalue weighted by Gasteiger charge is 2.18. The van der Waals surface area contributed by atoms with Crippen LogP contribution in [0.1, 0.15) is 16.6 Å². The lowest BCUT2D eigenvalue weighted by Gasteiger charge is -1.99. The first kappa shape index (κ1) is 13.2. The number of ether oxygens (including phenoxy) is 1. The van der Waals surface area contributed by atoms with Crippen molar-refractivity contribution in [3.63, 3.8) is 0 Å². The fraction of sp³-hybridized carbons (Fsp3) is 0.167. The van der Waals surface area contributed by atoms with Gasteiger partial charge in [0.2, 0.25) is 0 Å². The fourth-order valence-electron chi connectivity index (χ4n) is 1.73. The van der Waals surface area contributed by atoms with E-state index in [9.17, 15) is 4.79 Å². The Balaban J connectivity index is 2.13. The van der Waals surface area contributed by atoms with E-state index in [1.165, 1.54) is 11.3 Å². The molecule has 0 saturated carbocycles. The van der Waals surface area contributed by atoms with Gasteiger partial charge in [-0.25, -0.2) is 14.5 Å². The molecule has 0 amide bonds. The Morgan fingerprint density at radius 2 is 2.35 bits per heavy atom. The summed E-state index contributed by atoms with van der Waals surface area (Å²) in [5.41, 5.74) is 0. The van der Waals surface area contributed by atoms with Crippen molar-refractivity contribution in [1.82, 2.24) is 19.7 Å². The van der Waals surface area contributed by atoms with E-state index in [1.54, 1.807) is 36.3 Å². The van der Waals surface area contributed by atoms with Crippen LogP contribution < -0.4 is 0 Å². The maximum Gasteiger partial charge on any atom is 0.348 e. The molecule has 3 aromatic heterocycles. The summed E-state index contributed by atoms with van der Waals surface area (Å²) in [7, 11) is 0. The Kier molecular flexibility index (Phi) is 3.49. The number of carbonyl (C=O) groups is 1. The van der Waals surface area contributed by atoms with E-state index in [4.69, 9.17) is 4.74 Å². The third-order valence-electron chi connectivity index (χ3n) is 2.56. The molecule has 3 rings (SSSR count). The molecule has 3 heterocycles. The van der Waals surface area contributed by atoms with Crippen LogP contribution >= 0.6 is 27.3 Å². The lowest BCUT2D eigenvalue weighted by molar-refractivity contribution is 0.0532. The number of carbonyl (C=O) groups excluding carboxylic acids is 1. The van der Waals surface area contributed by atoms with E-state index in [-0.39, 0.29) is 5.97 Å². The molecule has 0 atom stereocenters. The summed E-state index contributed by atoms with van der Waals surface area (Å²) in [6.45, 7) is 2.13. The lowest BCUT2D eigenvalue weighted by Crippen LogP contribution is -2.02. The molecule has 0 N–H and O–H groups in total. The normalized spacial score (nSPS) is 10.9. The predicted octanol–water partition coefficient (Wildman–Crippen LogP) is 2.82. The average Bonchev–Trinajstić information content (AvgIpc) is 3.01. The summed E-state index contributed by atoms with van der Waals surface area (Å²) in [6, 6.07) is 1.77. The van der Waals surface area contributed by atoms with Crippen LogP contribution in [-0.2, 0) is 4.74 Å². The third kappa shape index (κ3) is 2.20. The Morgan fingerprint density at radius 1 is 1.50 bits per heavy atom. The Hall–Kier alpha value is -1.80. The molecule has 20 heavy (non-hydrogen) atoms. The highest BCUT2D eigenvalue weighted by Crippen LogP contribution is 2.32. The number of thiophene rings is 1. The van der Waals surface area contributed by atoms with E-state index in [1.807, 2.05) is 0 Å². The molecule has 8 heteroatoms. The monoisotopic (exact) mass is 352 g/mol. The first-order chi connectivity index (χ1) is 9.70. The summed E-state index contributed by atoms with van der Waals surface area (Å²) in [5, 5.41) is 5.21. The van der Waals surface area contributed by atoms with Crippen molar-refractivity contribution in [2.24, 2.45) is 0 Å². The van der Waals surface area contributed by atoms with E-state index in [2.05, 4.69) is 31.0 Å². The molecular formula is C12H9BrN4O2S. The molecule has 0 aromatic carbocycles. The second-order valence-electron chi connectivity index (χ2n) is 3.82. The molecule has 0 aliphatic carbocycles. The van der Waals surface area contributed by atoms with Crippen LogP contribution in [0.15, 0.2) is 29.3 Å². The van der Waals surface area contributed by atoms with Crippen LogP contribution in [0.5, 0.6) is 0 Å². The number of hydrogen-bond donors (Lipinski definition) is 0.